The average Bonchev–Trinajstić information content (AvgIpc) is 2.61. The summed E-state index contributed by atoms with van der Waals surface area (Å²) in [5, 5.41) is 0.724. The standard InChI is InChI=1S/C23H20BrCl/c1-4-18(3)22(20-9-7-10-21(25)16-20)15-13-17(2)12-14-19-8-5-6-11-23(19)24/h5-11,13,15-16H,3-4H2,1-2H3/b17-13+,22-15+. The van der Waals surface area contributed by atoms with Crippen molar-refractivity contribution in [2.24, 2.45) is 0 Å². The molecular formula is C23H20BrCl. The van der Waals surface area contributed by atoms with Crippen LogP contribution in [0.25, 0.3) is 5.57 Å². The third kappa shape index (κ3) is 5.78. The molecule has 0 unspecified atom stereocenters. The number of benzene rings is 2. The van der Waals surface area contributed by atoms with Crippen molar-refractivity contribution < 1.29 is 0 Å². The highest BCUT2D eigenvalue weighted by atomic mass is 79.9. The fraction of sp³-hybridized carbons (Fsp3) is 0.130. The van der Waals surface area contributed by atoms with Gasteiger partial charge in [-0.25, -0.2) is 0 Å². The summed E-state index contributed by atoms with van der Waals surface area (Å²) < 4.78 is 1.00. The third-order valence-electron chi connectivity index (χ3n) is 3.71. The molecule has 0 nitrogen and oxygen atoms in total. The highest BCUT2D eigenvalue weighted by Crippen LogP contribution is 2.26. The van der Waals surface area contributed by atoms with Crippen molar-refractivity contribution in [1.82, 2.24) is 0 Å². The van der Waals surface area contributed by atoms with E-state index in [2.05, 4.69) is 53.4 Å². The number of rotatable bonds is 4. The summed E-state index contributed by atoms with van der Waals surface area (Å²) in [5.41, 5.74) is 5.20. The number of hydrogen-bond acceptors (Lipinski definition) is 0. The van der Waals surface area contributed by atoms with Crippen molar-refractivity contribution >= 4 is 33.1 Å². The van der Waals surface area contributed by atoms with Gasteiger partial charge in [0.25, 0.3) is 0 Å². The monoisotopic (exact) mass is 410 g/mol. The van der Waals surface area contributed by atoms with E-state index in [9.17, 15) is 0 Å². The van der Waals surface area contributed by atoms with E-state index in [-0.39, 0.29) is 0 Å². The molecule has 0 bridgehead atoms. The zero-order valence-electron chi connectivity index (χ0n) is 14.4. The van der Waals surface area contributed by atoms with Crippen molar-refractivity contribution in [2.75, 3.05) is 0 Å². The zero-order valence-corrected chi connectivity index (χ0v) is 16.8. The van der Waals surface area contributed by atoms with Crippen LogP contribution in [0.5, 0.6) is 0 Å². The smallest absolute Gasteiger partial charge is 0.0412 e. The number of halogens is 2. The summed E-state index contributed by atoms with van der Waals surface area (Å²) >= 11 is 9.65. The lowest BCUT2D eigenvalue weighted by molar-refractivity contribution is 1.16. The van der Waals surface area contributed by atoms with Gasteiger partial charge in [0.15, 0.2) is 0 Å². The van der Waals surface area contributed by atoms with E-state index < -0.39 is 0 Å². The van der Waals surface area contributed by atoms with Gasteiger partial charge in [-0.15, -0.1) is 0 Å². The molecule has 2 rings (SSSR count). The Morgan fingerprint density at radius 1 is 1.16 bits per heavy atom. The zero-order chi connectivity index (χ0) is 18.2. The van der Waals surface area contributed by atoms with Crippen LogP contribution in [-0.4, -0.2) is 0 Å². The first-order valence-electron chi connectivity index (χ1n) is 8.10. The fourth-order valence-electron chi connectivity index (χ4n) is 2.24. The van der Waals surface area contributed by atoms with Gasteiger partial charge in [0.1, 0.15) is 0 Å². The molecule has 2 aromatic rings. The van der Waals surface area contributed by atoms with Gasteiger partial charge >= 0.3 is 0 Å². The maximum atomic E-state index is 6.13. The lowest BCUT2D eigenvalue weighted by Gasteiger charge is -2.09. The Hall–Kier alpha value is -2.01. The first-order valence-corrected chi connectivity index (χ1v) is 9.27. The quantitative estimate of drug-likeness (QED) is 0.362. The van der Waals surface area contributed by atoms with Gasteiger partial charge in [-0.05, 0) is 75.8 Å². The molecule has 0 aliphatic rings. The lowest BCUT2D eigenvalue weighted by Crippen LogP contribution is -1.88. The van der Waals surface area contributed by atoms with E-state index in [1.165, 1.54) is 0 Å². The largest absolute Gasteiger partial charge is 0.0952 e. The molecule has 0 fully saturated rings. The normalized spacial score (nSPS) is 11.7. The maximum absolute atomic E-state index is 6.13. The second kappa shape index (κ2) is 9.47. The van der Waals surface area contributed by atoms with Gasteiger partial charge in [-0.1, -0.05) is 73.4 Å². The Labute approximate surface area is 164 Å². The lowest BCUT2D eigenvalue weighted by atomic mass is 9.96. The van der Waals surface area contributed by atoms with Gasteiger partial charge in [0.2, 0.25) is 0 Å². The van der Waals surface area contributed by atoms with Crippen molar-refractivity contribution in [3.8, 4) is 11.8 Å². The van der Waals surface area contributed by atoms with Crippen LogP contribution in [0.3, 0.4) is 0 Å². The molecule has 0 heterocycles. The molecule has 0 saturated heterocycles. The van der Waals surface area contributed by atoms with Gasteiger partial charge in [0.05, 0.1) is 0 Å². The molecule has 0 aromatic heterocycles. The van der Waals surface area contributed by atoms with Crippen LogP contribution in [-0.2, 0) is 0 Å². The third-order valence-corrected chi connectivity index (χ3v) is 4.64. The minimum absolute atomic E-state index is 0.724. The first kappa shape index (κ1) is 19.3. The molecule has 0 saturated carbocycles. The molecule has 2 heteroatoms. The van der Waals surface area contributed by atoms with Crippen molar-refractivity contribution in [3.63, 3.8) is 0 Å². The topological polar surface area (TPSA) is 0 Å². The van der Waals surface area contributed by atoms with Crippen LogP contribution in [0.1, 0.15) is 31.4 Å². The van der Waals surface area contributed by atoms with Crippen LogP contribution in [0.4, 0.5) is 0 Å². The highest BCUT2D eigenvalue weighted by molar-refractivity contribution is 9.10. The van der Waals surface area contributed by atoms with E-state index in [1.807, 2.05) is 55.5 Å². The summed E-state index contributed by atoms with van der Waals surface area (Å²) in [6.45, 7) is 8.29. The summed E-state index contributed by atoms with van der Waals surface area (Å²) in [4.78, 5) is 0. The molecule has 2 aromatic carbocycles. The fourth-order valence-corrected chi connectivity index (χ4v) is 2.82. The van der Waals surface area contributed by atoms with Crippen LogP contribution >= 0.6 is 27.5 Å². The van der Waals surface area contributed by atoms with Crippen LogP contribution in [0.15, 0.2) is 82.9 Å². The molecule has 0 aliphatic heterocycles. The second-order valence-corrected chi connectivity index (χ2v) is 6.92. The molecule has 0 radical (unpaired) electrons. The van der Waals surface area contributed by atoms with Gasteiger partial charge in [-0.2, -0.15) is 0 Å². The average molecular weight is 412 g/mol. The van der Waals surface area contributed by atoms with Crippen LogP contribution in [0, 0.1) is 11.8 Å². The van der Waals surface area contributed by atoms with E-state index in [4.69, 9.17) is 11.6 Å². The Morgan fingerprint density at radius 2 is 1.92 bits per heavy atom. The summed E-state index contributed by atoms with van der Waals surface area (Å²) in [5.74, 6) is 6.39. The van der Waals surface area contributed by atoms with E-state index in [1.54, 1.807) is 0 Å². The van der Waals surface area contributed by atoms with Gasteiger partial charge in [-0.3, -0.25) is 0 Å². The van der Waals surface area contributed by atoms with Crippen LogP contribution < -0.4 is 0 Å². The van der Waals surface area contributed by atoms with Crippen molar-refractivity contribution in [1.29, 1.82) is 0 Å². The van der Waals surface area contributed by atoms with E-state index in [0.29, 0.717) is 0 Å². The maximum Gasteiger partial charge on any atom is 0.0412 e. The summed E-state index contributed by atoms with van der Waals surface area (Å²) in [6.07, 6.45) is 4.98. The summed E-state index contributed by atoms with van der Waals surface area (Å²) in [6, 6.07) is 15.8. The van der Waals surface area contributed by atoms with Crippen LogP contribution in [0.2, 0.25) is 5.02 Å². The predicted octanol–water partition coefficient (Wildman–Crippen LogP) is 7.45. The minimum Gasteiger partial charge on any atom is -0.0952 e. The molecule has 0 amide bonds. The van der Waals surface area contributed by atoms with Gasteiger partial charge < -0.3 is 0 Å². The molecule has 126 valence electrons. The Kier molecular flexibility index (Phi) is 7.31. The van der Waals surface area contributed by atoms with Crippen molar-refractivity contribution in [2.45, 2.75) is 20.3 Å². The SMILES string of the molecule is C=C(CC)/C(=C\C=C(/C)C#Cc1ccccc1Br)c1cccc(Cl)c1. The van der Waals surface area contributed by atoms with Gasteiger partial charge in [0, 0.05) is 15.1 Å². The van der Waals surface area contributed by atoms with Crippen molar-refractivity contribution in [3.05, 3.63) is 99.0 Å². The first-order chi connectivity index (χ1) is 12.0. The molecule has 0 spiro atoms. The molecule has 25 heavy (non-hydrogen) atoms. The molecule has 0 aliphatic carbocycles. The van der Waals surface area contributed by atoms with E-state index in [0.717, 1.165) is 43.8 Å². The Morgan fingerprint density at radius 3 is 2.60 bits per heavy atom. The Bertz CT molecular complexity index is 892. The number of hydrogen-bond donors (Lipinski definition) is 0. The molecular weight excluding hydrogens is 392 g/mol. The Balaban J connectivity index is 2.33. The minimum atomic E-state index is 0.724. The molecule has 0 atom stereocenters. The molecule has 0 N–H and O–H groups in total. The number of allylic oxidation sites excluding steroid dienone is 5. The summed E-state index contributed by atoms with van der Waals surface area (Å²) in [7, 11) is 0. The predicted molar refractivity (Wildman–Crippen MR) is 114 cm³/mol. The van der Waals surface area contributed by atoms with E-state index >= 15 is 0 Å². The highest BCUT2D eigenvalue weighted by Gasteiger charge is 2.04. The second-order valence-electron chi connectivity index (χ2n) is 5.63.